The molecule has 0 bridgehead atoms. The normalized spacial score (nSPS) is 32.8. The van der Waals surface area contributed by atoms with Gasteiger partial charge in [-0.1, -0.05) is 19.3 Å². The molecule has 2 aliphatic heterocycles. The maximum absolute atomic E-state index is 2.24. The van der Waals surface area contributed by atoms with Gasteiger partial charge in [-0.15, -0.1) is 0 Å². The summed E-state index contributed by atoms with van der Waals surface area (Å²) in [6.07, 6.45) is 13.4. The topological polar surface area (TPSA) is 0 Å². The molecule has 2 unspecified atom stereocenters. The second kappa shape index (κ2) is 7.11. The van der Waals surface area contributed by atoms with Gasteiger partial charge in [-0.2, -0.15) is 23.5 Å². The van der Waals surface area contributed by atoms with Gasteiger partial charge < -0.3 is 0 Å². The lowest BCUT2D eigenvalue weighted by atomic mass is 10.0. The summed E-state index contributed by atoms with van der Waals surface area (Å²) >= 11 is 4.49. The first-order valence-electron chi connectivity index (χ1n) is 6.68. The van der Waals surface area contributed by atoms with E-state index in [9.17, 15) is 0 Å². The van der Waals surface area contributed by atoms with E-state index in [2.05, 4.69) is 23.5 Å². The summed E-state index contributed by atoms with van der Waals surface area (Å²) in [5.74, 6) is 2.87. The smallest absolute Gasteiger partial charge is 0.00470 e. The van der Waals surface area contributed by atoms with E-state index in [-0.39, 0.29) is 0 Å². The molecule has 0 N–H and O–H groups in total. The summed E-state index contributed by atoms with van der Waals surface area (Å²) in [6.45, 7) is 0. The first-order valence-corrected chi connectivity index (χ1v) is 8.78. The SMILES string of the molecule is C1CCC(CCCC2CCCCS2)SC1. The van der Waals surface area contributed by atoms with Gasteiger partial charge in [0.1, 0.15) is 0 Å². The van der Waals surface area contributed by atoms with Gasteiger partial charge in [-0.05, 0) is 50.0 Å². The Labute approximate surface area is 103 Å². The van der Waals surface area contributed by atoms with Crippen molar-refractivity contribution in [2.75, 3.05) is 11.5 Å². The molecule has 2 saturated heterocycles. The fourth-order valence-electron chi connectivity index (χ4n) is 2.64. The lowest BCUT2D eigenvalue weighted by Crippen LogP contribution is -2.12. The summed E-state index contributed by atoms with van der Waals surface area (Å²) in [5, 5.41) is 2.04. The Morgan fingerprint density at radius 2 is 1.27 bits per heavy atom. The molecular weight excluding hydrogens is 220 g/mol. The van der Waals surface area contributed by atoms with E-state index in [1.807, 2.05) is 0 Å². The van der Waals surface area contributed by atoms with Crippen LogP contribution in [-0.2, 0) is 0 Å². The Morgan fingerprint density at radius 3 is 1.67 bits per heavy atom. The number of rotatable bonds is 4. The minimum Gasteiger partial charge on any atom is -0.159 e. The van der Waals surface area contributed by atoms with Crippen molar-refractivity contribution in [3.8, 4) is 0 Å². The van der Waals surface area contributed by atoms with Gasteiger partial charge >= 0.3 is 0 Å². The highest BCUT2D eigenvalue weighted by Crippen LogP contribution is 2.32. The van der Waals surface area contributed by atoms with E-state index in [1.165, 1.54) is 69.3 Å². The van der Waals surface area contributed by atoms with Crippen LogP contribution < -0.4 is 0 Å². The molecule has 2 heterocycles. The molecule has 0 amide bonds. The lowest BCUT2D eigenvalue weighted by Gasteiger charge is -2.24. The minimum atomic E-state index is 1.02. The fourth-order valence-corrected chi connectivity index (χ4v) is 5.38. The van der Waals surface area contributed by atoms with Crippen molar-refractivity contribution in [2.24, 2.45) is 0 Å². The van der Waals surface area contributed by atoms with Crippen LogP contribution in [0.5, 0.6) is 0 Å². The molecule has 15 heavy (non-hydrogen) atoms. The maximum atomic E-state index is 2.24. The van der Waals surface area contributed by atoms with Gasteiger partial charge in [-0.3, -0.25) is 0 Å². The highest BCUT2D eigenvalue weighted by Gasteiger charge is 2.16. The molecule has 0 radical (unpaired) electrons. The monoisotopic (exact) mass is 244 g/mol. The van der Waals surface area contributed by atoms with Crippen LogP contribution in [0.3, 0.4) is 0 Å². The highest BCUT2D eigenvalue weighted by molar-refractivity contribution is 8.00. The number of thioether (sulfide) groups is 2. The van der Waals surface area contributed by atoms with Crippen molar-refractivity contribution in [1.82, 2.24) is 0 Å². The van der Waals surface area contributed by atoms with Crippen molar-refractivity contribution >= 4 is 23.5 Å². The summed E-state index contributed by atoms with van der Waals surface area (Å²) in [6, 6.07) is 0. The molecular formula is C13H24S2. The lowest BCUT2D eigenvalue weighted by molar-refractivity contribution is 0.557. The van der Waals surface area contributed by atoms with E-state index in [4.69, 9.17) is 0 Å². The van der Waals surface area contributed by atoms with E-state index in [1.54, 1.807) is 0 Å². The van der Waals surface area contributed by atoms with Gasteiger partial charge in [-0.25, -0.2) is 0 Å². The van der Waals surface area contributed by atoms with Crippen molar-refractivity contribution in [3.05, 3.63) is 0 Å². The molecule has 2 rings (SSSR count). The third kappa shape index (κ3) is 4.60. The molecule has 2 fully saturated rings. The molecule has 2 aliphatic rings. The Kier molecular flexibility index (Phi) is 5.77. The van der Waals surface area contributed by atoms with Gasteiger partial charge in [0.05, 0.1) is 0 Å². The van der Waals surface area contributed by atoms with E-state index in [0.717, 1.165) is 10.5 Å². The third-order valence-corrected chi connectivity index (χ3v) is 6.53. The van der Waals surface area contributed by atoms with Crippen LogP contribution in [0.4, 0.5) is 0 Å². The van der Waals surface area contributed by atoms with Crippen molar-refractivity contribution in [2.45, 2.75) is 68.3 Å². The molecule has 0 nitrogen and oxygen atoms in total. The van der Waals surface area contributed by atoms with E-state index in [0.29, 0.717) is 0 Å². The van der Waals surface area contributed by atoms with Crippen LogP contribution in [0.25, 0.3) is 0 Å². The molecule has 0 aliphatic carbocycles. The Balaban J connectivity index is 1.53. The molecule has 0 saturated carbocycles. The second-order valence-corrected chi connectivity index (χ2v) is 7.72. The van der Waals surface area contributed by atoms with E-state index < -0.39 is 0 Å². The molecule has 2 heteroatoms. The average molecular weight is 244 g/mol. The summed E-state index contributed by atoms with van der Waals surface area (Å²) in [7, 11) is 0. The van der Waals surface area contributed by atoms with Gasteiger partial charge in [0.15, 0.2) is 0 Å². The van der Waals surface area contributed by atoms with Crippen molar-refractivity contribution in [1.29, 1.82) is 0 Å². The predicted octanol–water partition coefficient (Wildman–Crippen LogP) is 4.73. The summed E-state index contributed by atoms with van der Waals surface area (Å²) in [5.41, 5.74) is 0. The molecule has 0 aromatic heterocycles. The largest absolute Gasteiger partial charge is 0.159 e. The predicted molar refractivity (Wildman–Crippen MR) is 74.0 cm³/mol. The molecule has 0 spiro atoms. The van der Waals surface area contributed by atoms with Crippen molar-refractivity contribution in [3.63, 3.8) is 0 Å². The van der Waals surface area contributed by atoms with Crippen LogP contribution in [0.1, 0.15) is 57.8 Å². The molecule has 0 aromatic rings. The summed E-state index contributed by atoms with van der Waals surface area (Å²) < 4.78 is 0. The summed E-state index contributed by atoms with van der Waals surface area (Å²) in [4.78, 5) is 0. The third-order valence-electron chi connectivity index (χ3n) is 3.60. The van der Waals surface area contributed by atoms with Gasteiger partial charge in [0.25, 0.3) is 0 Å². The van der Waals surface area contributed by atoms with Crippen LogP contribution in [0.2, 0.25) is 0 Å². The Bertz CT molecular complexity index is 140. The quantitative estimate of drug-likeness (QED) is 0.701. The number of hydrogen-bond donors (Lipinski definition) is 0. The molecule has 0 aromatic carbocycles. The van der Waals surface area contributed by atoms with Crippen LogP contribution in [-0.4, -0.2) is 22.0 Å². The van der Waals surface area contributed by atoms with Crippen LogP contribution in [0.15, 0.2) is 0 Å². The Morgan fingerprint density at radius 1 is 0.733 bits per heavy atom. The second-order valence-electron chi connectivity index (χ2n) is 4.91. The minimum absolute atomic E-state index is 1.02. The Hall–Kier alpha value is 0.700. The van der Waals surface area contributed by atoms with Crippen LogP contribution >= 0.6 is 23.5 Å². The highest BCUT2D eigenvalue weighted by atomic mass is 32.2. The zero-order chi connectivity index (χ0) is 10.3. The molecule has 2 atom stereocenters. The molecule has 88 valence electrons. The van der Waals surface area contributed by atoms with Crippen molar-refractivity contribution < 1.29 is 0 Å². The number of hydrogen-bond acceptors (Lipinski definition) is 2. The first kappa shape index (κ1) is 12.2. The first-order chi connectivity index (χ1) is 7.45. The average Bonchev–Trinajstić information content (AvgIpc) is 2.32. The fraction of sp³-hybridized carbons (Fsp3) is 1.00. The van der Waals surface area contributed by atoms with Gasteiger partial charge in [0, 0.05) is 10.5 Å². The zero-order valence-corrected chi connectivity index (χ0v) is 11.4. The standard InChI is InChI=1S/C13H24S2/c1-3-10-14-12(6-1)8-5-9-13-7-2-4-11-15-13/h12-13H,1-11H2. The van der Waals surface area contributed by atoms with Gasteiger partial charge in [0.2, 0.25) is 0 Å². The maximum Gasteiger partial charge on any atom is 0.00470 e. The van der Waals surface area contributed by atoms with Crippen LogP contribution in [0, 0.1) is 0 Å². The zero-order valence-electron chi connectivity index (χ0n) is 9.75. The van der Waals surface area contributed by atoms with E-state index >= 15 is 0 Å².